The van der Waals surface area contributed by atoms with Crippen LogP contribution in [0.15, 0.2) is 0 Å². The SMILES string of the molecule is CCCNC(=O)CNC(=O)NC1CC1. The van der Waals surface area contributed by atoms with Crippen LogP contribution >= 0.6 is 0 Å². The molecular formula is C9H17N3O2. The van der Waals surface area contributed by atoms with Gasteiger partial charge in [0, 0.05) is 12.6 Å². The van der Waals surface area contributed by atoms with Gasteiger partial charge in [0.15, 0.2) is 0 Å². The van der Waals surface area contributed by atoms with Crippen molar-refractivity contribution in [1.82, 2.24) is 16.0 Å². The molecule has 0 atom stereocenters. The van der Waals surface area contributed by atoms with Crippen LogP contribution in [-0.2, 0) is 4.79 Å². The standard InChI is InChI=1S/C9H17N3O2/c1-2-5-10-8(13)6-11-9(14)12-7-3-4-7/h7H,2-6H2,1H3,(H,10,13)(H2,11,12,14). The number of carbonyl (C=O) groups excluding carboxylic acids is 2. The van der Waals surface area contributed by atoms with Gasteiger partial charge in [-0.05, 0) is 19.3 Å². The molecule has 0 aliphatic heterocycles. The highest BCUT2D eigenvalue weighted by atomic mass is 16.2. The maximum absolute atomic E-state index is 11.1. The van der Waals surface area contributed by atoms with Crippen molar-refractivity contribution in [2.75, 3.05) is 13.1 Å². The van der Waals surface area contributed by atoms with E-state index in [0.29, 0.717) is 12.6 Å². The molecule has 0 radical (unpaired) electrons. The zero-order valence-corrected chi connectivity index (χ0v) is 8.43. The topological polar surface area (TPSA) is 70.2 Å². The zero-order chi connectivity index (χ0) is 10.4. The second kappa shape index (κ2) is 5.47. The van der Waals surface area contributed by atoms with Crippen LogP contribution in [0.2, 0.25) is 0 Å². The molecule has 1 fully saturated rings. The lowest BCUT2D eigenvalue weighted by Crippen LogP contribution is -2.42. The maximum atomic E-state index is 11.1. The van der Waals surface area contributed by atoms with Gasteiger partial charge < -0.3 is 16.0 Å². The third-order valence-electron chi connectivity index (χ3n) is 1.89. The predicted octanol–water partition coefficient (Wildman–Crippen LogP) is -0.0258. The van der Waals surface area contributed by atoms with Gasteiger partial charge in [-0.25, -0.2) is 4.79 Å². The second-order valence-electron chi connectivity index (χ2n) is 3.45. The first-order valence-corrected chi connectivity index (χ1v) is 5.03. The molecule has 0 bridgehead atoms. The second-order valence-corrected chi connectivity index (χ2v) is 3.45. The third-order valence-corrected chi connectivity index (χ3v) is 1.89. The summed E-state index contributed by atoms with van der Waals surface area (Å²) in [4.78, 5) is 22.1. The van der Waals surface area contributed by atoms with E-state index in [9.17, 15) is 9.59 Å². The Kier molecular flexibility index (Phi) is 4.22. The molecular weight excluding hydrogens is 182 g/mol. The molecule has 3 amide bonds. The summed E-state index contributed by atoms with van der Waals surface area (Å²) in [5.41, 5.74) is 0. The molecule has 1 aliphatic carbocycles. The van der Waals surface area contributed by atoms with Gasteiger partial charge in [0.2, 0.25) is 5.91 Å². The van der Waals surface area contributed by atoms with Gasteiger partial charge in [0.25, 0.3) is 0 Å². The maximum Gasteiger partial charge on any atom is 0.315 e. The summed E-state index contributed by atoms with van der Waals surface area (Å²) in [6.45, 7) is 2.69. The first kappa shape index (κ1) is 10.8. The molecule has 5 nitrogen and oxygen atoms in total. The quantitative estimate of drug-likeness (QED) is 0.582. The summed E-state index contributed by atoms with van der Waals surface area (Å²) < 4.78 is 0. The molecule has 80 valence electrons. The van der Waals surface area contributed by atoms with E-state index in [4.69, 9.17) is 0 Å². The smallest absolute Gasteiger partial charge is 0.315 e. The van der Waals surface area contributed by atoms with Crippen LogP contribution in [0.4, 0.5) is 4.79 Å². The Bertz CT molecular complexity index is 214. The zero-order valence-electron chi connectivity index (χ0n) is 8.43. The predicted molar refractivity (Wildman–Crippen MR) is 52.9 cm³/mol. The van der Waals surface area contributed by atoms with Crippen molar-refractivity contribution in [3.8, 4) is 0 Å². The van der Waals surface area contributed by atoms with Crippen molar-refractivity contribution in [3.63, 3.8) is 0 Å². The van der Waals surface area contributed by atoms with Crippen LogP contribution in [0.25, 0.3) is 0 Å². The van der Waals surface area contributed by atoms with Crippen molar-refractivity contribution in [1.29, 1.82) is 0 Å². The Morgan fingerprint density at radius 2 is 2.00 bits per heavy atom. The van der Waals surface area contributed by atoms with E-state index in [0.717, 1.165) is 19.3 Å². The Morgan fingerprint density at radius 1 is 1.29 bits per heavy atom. The summed E-state index contributed by atoms with van der Waals surface area (Å²) in [6, 6.07) is 0.0767. The number of hydrogen-bond donors (Lipinski definition) is 3. The fraction of sp³-hybridized carbons (Fsp3) is 0.778. The molecule has 0 heterocycles. The molecule has 1 aliphatic rings. The van der Waals surface area contributed by atoms with Crippen molar-refractivity contribution >= 4 is 11.9 Å². The highest BCUT2D eigenvalue weighted by molar-refractivity contribution is 5.84. The molecule has 0 spiro atoms. The summed E-state index contributed by atoms with van der Waals surface area (Å²) in [5.74, 6) is -0.141. The van der Waals surface area contributed by atoms with Gasteiger partial charge >= 0.3 is 6.03 Å². The molecule has 0 aromatic rings. The average Bonchev–Trinajstić information content (AvgIpc) is 2.95. The van der Waals surface area contributed by atoms with Crippen molar-refractivity contribution in [3.05, 3.63) is 0 Å². The molecule has 5 heteroatoms. The van der Waals surface area contributed by atoms with E-state index in [1.165, 1.54) is 0 Å². The summed E-state index contributed by atoms with van der Waals surface area (Å²) in [5, 5.41) is 7.91. The highest BCUT2D eigenvalue weighted by Crippen LogP contribution is 2.17. The molecule has 0 aromatic carbocycles. The highest BCUT2D eigenvalue weighted by Gasteiger charge is 2.23. The van der Waals surface area contributed by atoms with Gasteiger partial charge in [0.1, 0.15) is 0 Å². The number of hydrogen-bond acceptors (Lipinski definition) is 2. The van der Waals surface area contributed by atoms with E-state index >= 15 is 0 Å². The largest absolute Gasteiger partial charge is 0.355 e. The lowest BCUT2D eigenvalue weighted by molar-refractivity contribution is -0.120. The van der Waals surface area contributed by atoms with Crippen LogP contribution in [0.1, 0.15) is 26.2 Å². The monoisotopic (exact) mass is 199 g/mol. The molecule has 1 saturated carbocycles. The van der Waals surface area contributed by atoms with Gasteiger partial charge in [-0.2, -0.15) is 0 Å². The summed E-state index contributed by atoms with van der Waals surface area (Å²) in [7, 11) is 0. The van der Waals surface area contributed by atoms with Gasteiger partial charge in [0.05, 0.1) is 6.54 Å². The van der Waals surface area contributed by atoms with Crippen molar-refractivity contribution in [2.24, 2.45) is 0 Å². The van der Waals surface area contributed by atoms with E-state index in [1.807, 2.05) is 6.92 Å². The first-order valence-electron chi connectivity index (χ1n) is 5.03. The average molecular weight is 199 g/mol. The molecule has 0 unspecified atom stereocenters. The van der Waals surface area contributed by atoms with Gasteiger partial charge in [-0.3, -0.25) is 4.79 Å². The van der Waals surface area contributed by atoms with Gasteiger partial charge in [-0.1, -0.05) is 6.92 Å². The molecule has 3 N–H and O–H groups in total. The van der Waals surface area contributed by atoms with E-state index in [2.05, 4.69) is 16.0 Å². The fourth-order valence-electron chi connectivity index (χ4n) is 0.952. The third kappa shape index (κ3) is 4.69. The normalized spacial score (nSPS) is 14.6. The van der Waals surface area contributed by atoms with E-state index < -0.39 is 0 Å². The lowest BCUT2D eigenvalue weighted by atomic mass is 10.4. The van der Waals surface area contributed by atoms with E-state index in [-0.39, 0.29) is 18.5 Å². The van der Waals surface area contributed by atoms with Crippen LogP contribution in [-0.4, -0.2) is 31.1 Å². The van der Waals surface area contributed by atoms with Crippen LogP contribution < -0.4 is 16.0 Å². The van der Waals surface area contributed by atoms with Crippen molar-refractivity contribution in [2.45, 2.75) is 32.2 Å². The van der Waals surface area contributed by atoms with Crippen LogP contribution in [0.3, 0.4) is 0 Å². The van der Waals surface area contributed by atoms with Gasteiger partial charge in [-0.15, -0.1) is 0 Å². The minimum absolute atomic E-state index is 0.0541. The number of rotatable bonds is 5. The molecule has 14 heavy (non-hydrogen) atoms. The Hall–Kier alpha value is -1.26. The van der Waals surface area contributed by atoms with Crippen LogP contribution in [0, 0.1) is 0 Å². The number of carbonyl (C=O) groups is 2. The lowest BCUT2D eigenvalue weighted by Gasteiger charge is -2.06. The summed E-state index contributed by atoms with van der Waals surface area (Å²) >= 11 is 0. The minimum Gasteiger partial charge on any atom is -0.355 e. The first-order chi connectivity index (χ1) is 6.72. The Morgan fingerprint density at radius 3 is 2.57 bits per heavy atom. The van der Waals surface area contributed by atoms with Crippen molar-refractivity contribution < 1.29 is 9.59 Å². The Balaban J connectivity index is 2.00. The molecule has 1 rings (SSSR count). The van der Waals surface area contributed by atoms with E-state index in [1.54, 1.807) is 0 Å². The number of urea groups is 1. The minimum atomic E-state index is -0.251. The summed E-state index contributed by atoms with van der Waals surface area (Å²) in [6.07, 6.45) is 3.00. The fourth-order valence-corrected chi connectivity index (χ4v) is 0.952. The number of amides is 3. The molecule has 0 saturated heterocycles. The Labute approximate surface area is 83.6 Å². The number of nitrogens with one attached hydrogen (secondary N) is 3. The molecule has 0 aromatic heterocycles. The van der Waals surface area contributed by atoms with Crippen LogP contribution in [0.5, 0.6) is 0 Å².